The van der Waals surface area contributed by atoms with E-state index in [1.807, 2.05) is 74.0 Å². The number of amides is 6. The van der Waals surface area contributed by atoms with Crippen molar-refractivity contribution in [3.05, 3.63) is 131 Å². The summed E-state index contributed by atoms with van der Waals surface area (Å²) in [7, 11) is -3.59. The van der Waals surface area contributed by atoms with Crippen molar-refractivity contribution in [1.29, 1.82) is 0 Å². The summed E-state index contributed by atoms with van der Waals surface area (Å²) in [5.74, 6) is -3.16. The number of carbonyl (C=O) groups excluding carboxylic acids is 6. The monoisotopic (exact) mass is 1480 g/mol. The van der Waals surface area contributed by atoms with Crippen molar-refractivity contribution in [1.82, 2.24) is 75.2 Å². The molecule has 0 aliphatic carbocycles. The number of hydrogen-bond donors (Lipinski definition) is 9. The fourth-order valence-corrected chi connectivity index (χ4v) is 13.9. The topological polar surface area (TPSA) is 422 Å². The Bertz CT molecular complexity index is 4610. The van der Waals surface area contributed by atoms with Crippen molar-refractivity contribution < 1.29 is 80.1 Å². The molecule has 0 spiro atoms. The van der Waals surface area contributed by atoms with E-state index in [-0.39, 0.29) is 69.2 Å². The standard InChI is InChI=1S/C65H76FN17O17P2S/c1-65(2,3)83-57-41-17-9-10-18-43(41)80(29-38-14-7-8-16-40(38)55(57)77-78-83)51(89)20-19-47(85)68-26-48(86)69-28-50(88)76-42(24-37-12-5-4-6-13-37)62(90)70-27-49(87)75-36-95-23-22-79-34-74-61-56(63(79)91)73-35-82(61)52-25-44(84)45(98-52)31-96-101(92)100-58-46(32-97-102(93,94)103)99-64(54(58)66)81-30-39-15-11-21-67-59-53(39)60(81)72-33-71-59/h4-10,12-14,16-18,30,33-35,42,44-46,52,54,58,64,84,101H,11,15,19-29,31-32,36H2,1-3H3,(H,68,85)(H,69,86)(H,70,90)(H,75,87)(H,76,88)(H,67,71,72)(H2,93,94,103)/t42-,44-,45+,46+,52+,54+,58+,64+/m0/s1. The van der Waals surface area contributed by atoms with Gasteiger partial charge in [-0.25, -0.2) is 33.6 Å². The summed E-state index contributed by atoms with van der Waals surface area (Å²) in [6.07, 6.45) is -3.12. The molecule has 546 valence electrons. The number of aryl methyl sites for hydroxylation is 1. The molecule has 0 saturated carbocycles. The third-order valence-electron chi connectivity index (χ3n) is 17.5. The molecule has 12 rings (SSSR count). The fraction of sp³-hybridized carbons (Fsp3) is 0.431. The second-order valence-electron chi connectivity index (χ2n) is 25.7. The Kier molecular flexibility index (Phi) is 23.0. The molecule has 4 aliphatic heterocycles. The minimum Gasteiger partial charge on any atom is -0.390 e. The summed E-state index contributed by atoms with van der Waals surface area (Å²) >= 11 is 3.55. The SMILES string of the molecule is CC(C)(C)n1nnc2c1-c1ccccc1N(C(=O)CCC(=O)NCC(=O)NCC(=O)N[C@@H](Cc1ccccc1)C(=O)NCC(=O)NCOCCn1cnc3c(ncn3[C@H]3C[C@H](O)[C@@H](CO[PH](=O)O[C@H]4[C@@H](F)[C@H](n5cc6c7c(ncnc75)NCCC6)O[C@@H]4CO[P@](=O)(O)S)O3)c1=O)Cc1ccccc1-2. The number of nitrogens with one attached hydrogen (secondary N) is 6. The molecule has 2 fully saturated rings. The summed E-state index contributed by atoms with van der Waals surface area (Å²) in [5.41, 5.74) is 5.41. The van der Waals surface area contributed by atoms with Crippen LogP contribution in [0.15, 0.2) is 109 Å². The van der Waals surface area contributed by atoms with Gasteiger partial charge in [0.1, 0.15) is 67.1 Å². The molecule has 5 aromatic heterocycles. The maximum absolute atomic E-state index is 16.5. The maximum atomic E-state index is 16.5. The molecule has 3 aromatic carbocycles. The zero-order valence-electron chi connectivity index (χ0n) is 56.0. The van der Waals surface area contributed by atoms with E-state index in [2.05, 4.69) is 74.4 Å². The molecule has 8 N–H and O–H groups in total. The fourth-order valence-electron chi connectivity index (χ4n) is 12.5. The van der Waals surface area contributed by atoms with Crippen molar-refractivity contribution in [2.45, 2.75) is 127 Å². The number of hydrogen-bond acceptors (Lipinski definition) is 23. The smallest absolute Gasteiger partial charge is 0.383 e. The molecule has 103 heavy (non-hydrogen) atoms. The van der Waals surface area contributed by atoms with Gasteiger partial charge in [-0.1, -0.05) is 90.3 Å². The zero-order chi connectivity index (χ0) is 72.7. The average molecular weight is 1480 g/mol. The summed E-state index contributed by atoms with van der Waals surface area (Å²) < 4.78 is 81.5. The molecule has 38 heteroatoms. The summed E-state index contributed by atoms with van der Waals surface area (Å²) in [4.78, 5) is 122. The van der Waals surface area contributed by atoms with Crippen LogP contribution in [-0.4, -0.2) is 183 Å². The van der Waals surface area contributed by atoms with Gasteiger partial charge in [-0.2, -0.15) is 0 Å². The molecule has 0 bridgehead atoms. The lowest BCUT2D eigenvalue weighted by atomic mass is 9.94. The minimum atomic E-state index is -4.38. The number of carbonyl (C=O) groups is 6. The van der Waals surface area contributed by atoms with Crippen molar-refractivity contribution in [3.63, 3.8) is 0 Å². The second kappa shape index (κ2) is 32.2. The highest BCUT2D eigenvalue weighted by Crippen LogP contribution is 2.49. The van der Waals surface area contributed by atoms with Gasteiger partial charge in [0, 0.05) is 49.6 Å². The molecular weight excluding hydrogens is 1400 g/mol. The normalized spacial score (nSPS) is 20.4. The lowest BCUT2D eigenvalue weighted by molar-refractivity contribution is -0.131. The van der Waals surface area contributed by atoms with E-state index in [9.17, 15) is 52.7 Å². The van der Waals surface area contributed by atoms with Gasteiger partial charge in [0.05, 0.1) is 87.3 Å². The molecular formula is C65H76FN17O17P2S. The Morgan fingerprint density at radius 2 is 1.57 bits per heavy atom. The average Bonchev–Trinajstić information content (AvgIpc) is 1.72. The van der Waals surface area contributed by atoms with Crippen LogP contribution in [0.4, 0.5) is 15.9 Å². The molecule has 1 unspecified atom stereocenters. The molecule has 6 amide bonds. The van der Waals surface area contributed by atoms with Crippen LogP contribution in [0.1, 0.15) is 75.6 Å². The highest BCUT2D eigenvalue weighted by atomic mass is 32.7. The van der Waals surface area contributed by atoms with Crippen LogP contribution in [0.2, 0.25) is 0 Å². The summed E-state index contributed by atoms with van der Waals surface area (Å²) in [6, 6.07) is 22.7. The molecule has 10 atom stereocenters. The summed E-state index contributed by atoms with van der Waals surface area (Å²) in [6.45, 7) is -0.668. The first-order valence-corrected chi connectivity index (χ1v) is 37.0. The highest BCUT2D eigenvalue weighted by Gasteiger charge is 2.50. The predicted molar refractivity (Wildman–Crippen MR) is 370 cm³/mol. The van der Waals surface area contributed by atoms with E-state index < -0.39 is 138 Å². The van der Waals surface area contributed by atoms with Crippen LogP contribution in [0.3, 0.4) is 0 Å². The number of halogens is 1. The van der Waals surface area contributed by atoms with Crippen molar-refractivity contribution in [2.75, 3.05) is 62.9 Å². The van der Waals surface area contributed by atoms with Gasteiger partial charge in [-0.05, 0) is 56.4 Å². The first-order valence-electron chi connectivity index (χ1n) is 33.1. The van der Waals surface area contributed by atoms with Crippen LogP contribution >= 0.6 is 27.3 Å². The Hall–Kier alpha value is -9.19. The number of fused-ring (bicyclic) bond motifs is 6. The number of ether oxygens (including phenoxy) is 3. The zero-order valence-corrected chi connectivity index (χ0v) is 58.7. The van der Waals surface area contributed by atoms with Crippen LogP contribution in [0.5, 0.6) is 0 Å². The Morgan fingerprint density at radius 3 is 2.37 bits per heavy atom. The lowest BCUT2D eigenvalue weighted by Gasteiger charge is -2.30. The van der Waals surface area contributed by atoms with Gasteiger partial charge in [-0.3, -0.25) is 51.8 Å². The van der Waals surface area contributed by atoms with Gasteiger partial charge >= 0.3 is 15.1 Å². The van der Waals surface area contributed by atoms with Gasteiger partial charge in [-0.15, -0.1) is 5.10 Å². The molecule has 34 nitrogen and oxygen atoms in total. The highest BCUT2D eigenvalue weighted by molar-refractivity contribution is 8.44. The van der Waals surface area contributed by atoms with E-state index in [0.29, 0.717) is 46.8 Å². The van der Waals surface area contributed by atoms with Crippen molar-refractivity contribution in [2.24, 2.45) is 0 Å². The Morgan fingerprint density at radius 1 is 0.835 bits per heavy atom. The largest absolute Gasteiger partial charge is 0.390 e. The number of imidazole rings is 1. The van der Waals surface area contributed by atoms with Crippen molar-refractivity contribution >= 4 is 96.4 Å². The van der Waals surface area contributed by atoms with Gasteiger partial charge in [0.25, 0.3) is 5.56 Å². The Labute approximate surface area is 592 Å². The number of alkyl halides is 1. The molecule has 2 saturated heterocycles. The third kappa shape index (κ3) is 17.4. The number of para-hydroxylation sites is 1. The van der Waals surface area contributed by atoms with Crippen LogP contribution in [-0.2, 0) is 97.1 Å². The molecule has 9 heterocycles. The number of rotatable bonds is 28. The number of anilines is 2. The lowest BCUT2D eigenvalue weighted by Crippen LogP contribution is -2.52. The van der Waals surface area contributed by atoms with Gasteiger partial charge in [0.15, 0.2) is 23.6 Å². The van der Waals surface area contributed by atoms with Crippen LogP contribution in [0.25, 0.3) is 44.7 Å². The summed E-state index contributed by atoms with van der Waals surface area (Å²) in [5, 5.41) is 36.6. The van der Waals surface area contributed by atoms with E-state index in [0.717, 1.165) is 34.4 Å². The van der Waals surface area contributed by atoms with Crippen LogP contribution in [0, 0.1) is 0 Å². The third-order valence-corrected chi connectivity index (χ3v) is 19.2. The quantitative estimate of drug-likeness (QED) is 0.0147. The van der Waals surface area contributed by atoms with E-state index in [1.165, 1.54) is 32.7 Å². The minimum absolute atomic E-state index is 0.0171. The van der Waals surface area contributed by atoms with Gasteiger partial charge < -0.3 is 74.6 Å². The van der Waals surface area contributed by atoms with E-state index in [4.69, 9.17) is 27.8 Å². The first-order chi connectivity index (χ1) is 49.5. The Balaban J connectivity index is 0.562. The van der Waals surface area contributed by atoms with Gasteiger partial charge in [0.2, 0.25) is 35.4 Å². The van der Waals surface area contributed by atoms with E-state index >= 15 is 4.39 Å². The van der Waals surface area contributed by atoms with Crippen molar-refractivity contribution in [3.8, 4) is 22.5 Å². The number of aliphatic hydroxyl groups is 1. The van der Waals surface area contributed by atoms with E-state index in [1.54, 1.807) is 41.4 Å². The number of nitrogens with zero attached hydrogens (tertiary/aromatic N) is 11. The number of thiol groups is 1. The number of aromatic nitrogens is 10. The molecule has 8 aromatic rings. The predicted octanol–water partition coefficient (Wildman–Crippen LogP) is 3.29. The number of aliphatic hydroxyl groups excluding tert-OH is 1. The maximum Gasteiger partial charge on any atom is 0.383 e. The molecule has 4 aliphatic rings. The molecule has 0 radical (unpaired) electrons. The van der Waals surface area contributed by atoms with Crippen LogP contribution < -0.4 is 42.4 Å². The second-order valence-corrected chi connectivity index (χ2v) is 29.5. The number of benzene rings is 3. The first kappa shape index (κ1) is 73.6.